The van der Waals surface area contributed by atoms with E-state index in [1.165, 1.54) is 14.2 Å². The molecule has 16 heteroatoms. The van der Waals surface area contributed by atoms with E-state index in [-0.39, 0.29) is 38.1 Å². The molecule has 5 N–H and O–H groups in total. The number of esters is 1. The predicted octanol–water partition coefficient (Wildman–Crippen LogP) is 0.757. The Bertz CT molecular complexity index is 1250. The maximum Gasteiger partial charge on any atom is 0.308 e. The van der Waals surface area contributed by atoms with E-state index in [0.717, 1.165) is 0 Å². The summed E-state index contributed by atoms with van der Waals surface area (Å²) in [5, 5.41) is 56.0. The number of allylic oxidation sites excluding steroid dienone is 1. The largest absolute Gasteiger partial charge is 0.462 e. The molecule has 16 nitrogen and oxygen atoms in total. The zero-order valence-corrected chi connectivity index (χ0v) is 34.1. The van der Waals surface area contributed by atoms with Crippen LogP contribution in [0.4, 0.5) is 0 Å². The summed E-state index contributed by atoms with van der Waals surface area (Å²) in [6.07, 6.45) is -10.9. The lowest BCUT2D eigenvalue weighted by molar-refractivity contribution is -0.306. The van der Waals surface area contributed by atoms with Gasteiger partial charge in [-0.1, -0.05) is 26.8 Å². The Balaban J connectivity index is 1.97. The summed E-state index contributed by atoms with van der Waals surface area (Å²) < 4.78 is 41.5. The molecule has 0 aliphatic carbocycles. The number of methoxy groups -OCH3 is 2. The SMILES string of the molecule is CC[C@H]1OC(=O)C[C@@H](O)[C@H](C)[C@@H](O[C@@H]2O[C@H](C)[C@@H](O)[C@H](N(C)C)[C@H]2O)C(CC=O)C[C@@H](C)C(=O)C/C=C(/C)[C@@H](O)[C@@H]1CO[C@@H]1O[C@H](C)[C@@H](O)[C@@H](OC)[C@H]1OC. The number of Topliss-reactive ketones (excluding diaryl/α,β-unsaturated/α-hetero) is 1. The number of likely N-dealkylation sites (N-methyl/N-ethyl adjacent to an activating group) is 1. The third-order valence-corrected chi connectivity index (χ3v) is 11.7. The Morgan fingerprint density at radius 3 is 2.09 bits per heavy atom. The maximum absolute atomic E-state index is 13.6. The van der Waals surface area contributed by atoms with Gasteiger partial charge < -0.3 is 68.4 Å². The van der Waals surface area contributed by atoms with Crippen LogP contribution < -0.4 is 0 Å². The van der Waals surface area contributed by atoms with Crippen LogP contribution in [-0.4, -0.2) is 169 Å². The minimum absolute atomic E-state index is 0.0432. The molecule has 2 saturated heterocycles. The predicted molar refractivity (Wildman–Crippen MR) is 197 cm³/mol. The fourth-order valence-electron chi connectivity index (χ4n) is 8.06. The summed E-state index contributed by atoms with van der Waals surface area (Å²) in [5.41, 5.74) is 0.441. The number of rotatable bonds is 11. The van der Waals surface area contributed by atoms with Crippen LogP contribution in [-0.2, 0) is 47.5 Å². The first-order chi connectivity index (χ1) is 25.9. The molecular weight excluding hydrogens is 722 g/mol. The lowest BCUT2D eigenvalue weighted by atomic mass is 9.79. The van der Waals surface area contributed by atoms with Gasteiger partial charge in [-0.05, 0) is 59.2 Å². The fraction of sp³-hybridized carbons (Fsp3) is 0.872. The van der Waals surface area contributed by atoms with Crippen molar-refractivity contribution in [1.82, 2.24) is 4.90 Å². The van der Waals surface area contributed by atoms with Gasteiger partial charge in [0.15, 0.2) is 12.6 Å². The number of cyclic esters (lactones) is 1. The molecule has 0 saturated carbocycles. The van der Waals surface area contributed by atoms with E-state index in [1.54, 1.807) is 66.6 Å². The first-order valence-corrected chi connectivity index (χ1v) is 19.4. The number of ether oxygens (including phenoxy) is 7. The first-order valence-electron chi connectivity index (χ1n) is 19.4. The summed E-state index contributed by atoms with van der Waals surface area (Å²) in [6, 6.07) is -0.755. The third-order valence-electron chi connectivity index (χ3n) is 11.7. The average molecular weight is 790 g/mol. The van der Waals surface area contributed by atoms with E-state index < -0.39 is 122 Å². The highest BCUT2D eigenvalue weighted by Gasteiger charge is 2.48. The van der Waals surface area contributed by atoms with Gasteiger partial charge in [0.05, 0.1) is 55.7 Å². The highest BCUT2D eigenvalue weighted by molar-refractivity contribution is 5.82. The molecule has 0 bridgehead atoms. The lowest BCUT2D eigenvalue weighted by Gasteiger charge is -2.46. The van der Waals surface area contributed by atoms with Crippen molar-refractivity contribution in [2.75, 3.05) is 34.9 Å². The number of nitrogens with zero attached hydrogens (tertiary/aromatic N) is 1. The summed E-state index contributed by atoms with van der Waals surface area (Å²) in [6.45, 7) is 9.96. The summed E-state index contributed by atoms with van der Waals surface area (Å²) in [5.74, 6) is -3.84. The van der Waals surface area contributed by atoms with Gasteiger partial charge in [0.1, 0.15) is 42.6 Å². The quantitative estimate of drug-likeness (QED) is 0.111. The molecule has 18 atom stereocenters. The second-order valence-corrected chi connectivity index (χ2v) is 15.8. The molecule has 3 aliphatic heterocycles. The van der Waals surface area contributed by atoms with Crippen LogP contribution in [0.2, 0.25) is 0 Å². The van der Waals surface area contributed by atoms with Crippen molar-refractivity contribution in [3.63, 3.8) is 0 Å². The Kier molecular flexibility index (Phi) is 18.7. The molecule has 2 fully saturated rings. The Labute approximate surface area is 325 Å². The van der Waals surface area contributed by atoms with E-state index >= 15 is 0 Å². The topological polar surface area (TPSA) is 220 Å². The van der Waals surface area contributed by atoms with Gasteiger partial charge in [-0.3, -0.25) is 9.59 Å². The van der Waals surface area contributed by atoms with Crippen molar-refractivity contribution in [2.24, 2.45) is 23.7 Å². The highest BCUT2D eigenvalue weighted by Crippen LogP contribution is 2.35. The molecule has 3 aliphatic rings. The lowest BCUT2D eigenvalue weighted by Crippen LogP contribution is -2.63. The van der Waals surface area contributed by atoms with E-state index in [0.29, 0.717) is 11.9 Å². The zero-order chi connectivity index (χ0) is 41.3. The van der Waals surface area contributed by atoms with Gasteiger partial charge >= 0.3 is 5.97 Å². The number of aldehydes is 1. The average Bonchev–Trinajstić information content (AvgIpc) is 3.13. The van der Waals surface area contributed by atoms with E-state index in [1.807, 2.05) is 0 Å². The molecule has 0 aromatic carbocycles. The van der Waals surface area contributed by atoms with Crippen LogP contribution >= 0.6 is 0 Å². The van der Waals surface area contributed by atoms with Crippen molar-refractivity contribution in [2.45, 2.75) is 159 Å². The molecule has 3 rings (SSSR count). The second kappa shape index (κ2) is 21.7. The molecule has 1 unspecified atom stereocenters. The molecule has 318 valence electrons. The van der Waals surface area contributed by atoms with Gasteiger partial charge in [-0.25, -0.2) is 0 Å². The molecule has 3 heterocycles. The smallest absolute Gasteiger partial charge is 0.308 e. The molecule has 0 radical (unpaired) electrons. The van der Waals surface area contributed by atoms with Gasteiger partial charge in [0, 0.05) is 44.8 Å². The minimum Gasteiger partial charge on any atom is -0.462 e. The van der Waals surface area contributed by atoms with Gasteiger partial charge in [0.2, 0.25) is 0 Å². The number of ketones is 1. The van der Waals surface area contributed by atoms with Crippen LogP contribution in [0, 0.1) is 23.7 Å². The molecular formula is C39H67NO15. The monoisotopic (exact) mass is 789 g/mol. The Morgan fingerprint density at radius 2 is 1.51 bits per heavy atom. The Morgan fingerprint density at radius 1 is 0.891 bits per heavy atom. The van der Waals surface area contributed by atoms with Crippen molar-refractivity contribution in [3.05, 3.63) is 11.6 Å². The fourth-order valence-corrected chi connectivity index (χ4v) is 8.06. The Hall–Kier alpha value is -1.93. The van der Waals surface area contributed by atoms with Gasteiger partial charge in [-0.15, -0.1) is 0 Å². The number of hydrogen-bond donors (Lipinski definition) is 5. The third kappa shape index (κ3) is 11.8. The standard InChI is InChI=1S/C39H67NO15/c1-11-28-25(18-51-39-37(50-10)36(49-9)33(47)23(6)53-39)31(45)19(2)12-13-26(42)20(3)16-24(14-15-41)35(21(4)27(43)17-29(44)54-28)55-38-34(48)30(40(7)8)32(46)22(5)52-38/h12,15,20-25,27-28,30-39,43,45-48H,11,13-14,16-18H2,1-10H3/b19-12-/t20-,21+,22-,23-,24?,25-,27-,28-,30+,31-,32-,33-,34-,35-,36-,37-,38+,39-/m1/s1. The zero-order valence-electron chi connectivity index (χ0n) is 34.1. The van der Waals surface area contributed by atoms with Crippen LogP contribution in [0.3, 0.4) is 0 Å². The van der Waals surface area contributed by atoms with E-state index in [9.17, 15) is 39.9 Å². The van der Waals surface area contributed by atoms with E-state index in [2.05, 4.69) is 0 Å². The number of aliphatic hydroxyl groups is 5. The molecule has 0 spiro atoms. The number of carbonyl (C=O) groups is 3. The highest BCUT2D eigenvalue weighted by atomic mass is 16.7. The normalized spacial score (nSPS) is 44.1. The second-order valence-electron chi connectivity index (χ2n) is 15.8. The number of carbonyl (C=O) groups excluding carboxylic acids is 3. The molecule has 55 heavy (non-hydrogen) atoms. The van der Waals surface area contributed by atoms with Crippen LogP contribution in [0.25, 0.3) is 0 Å². The van der Waals surface area contributed by atoms with Crippen molar-refractivity contribution in [3.8, 4) is 0 Å². The van der Waals surface area contributed by atoms with Gasteiger partial charge in [0.25, 0.3) is 0 Å². The van der Waals surface area contributed by atoms with E-state index in [4.69, 9.17) is 33.2 Å². The summed E-state index contributed by atoms with van der Waals surface area (Å²) in [4.78, 5) is 40.9. The minimum atomic E-state index is -1.37. The maximum atomic E-state index is 13.6. The molecule has 0 amide bonds. The summed E-state index contributed by atoms with van der Waals surface area (Å²) >= 11 is 0. The summed E-state index contributed by atoms with van der Waals surface area (Å²) in [7, 11) is 6.28. The van der Waals surface area contributed by atoms with Crippen LogP contribution in [0.15, 0.2) is 11.6 Å². The van der Waals surface area contributed by atoms with Crippen molar-refractivity contribution >= 4 is 18.0 Å². The van der Waals surface area contributed by atoms with Crippen molar-refractivity contribution < 1.29 is 73.1 Å². The molecule has 0 aromatic heterocycles. The molecule has 0 aromatic rings. The number of aliphatic hydroxyl groups excluding tert-OH is 5. The van der Waals surface area contributed by atoms with Crippen molar-refractivity contribution in [1.29, 1.82) is 0 Å². The first kappa shape index (κ1) is 47.4. The van der Waals surface area contributed by atoms with Crippen LogP contribution in [0.5, 0.6) is 0 Å². The van der Waals surface area contributed by atoms with Crippen LogP contribution in [0.1, 0.15) is 73.6 Å². The van der Waals surface area contributed by atoms with Gasteiger partial charge in [-0.2, -0.15) is 0 Å². The number of hydrogen-bond acceptors (Lipinski definition) is 16.